The maximum atomic E-state index is 11.7. The fourth-order valence-electron chi connectivity index (χ4n) is 1.32. The maximum Gasteiger partial charge on any atom is 0.322 e. The lowest BCUT2D eigenvalue weighted by molar-refractivity contribution is -0.139. The first-order chi connectivity index (χ1) is 10.3. The molecule has 0 spiro atoms. The molecule has 2 amide bonds. The molecule has 0 heterocycles. The van der Waals surface area contributed by atoms with Crippen LogP contribution in [0.2, 0.25) is 0 Å². The number of hydrogen-bond donors (Lipinski definition) is 6. The van der Waals surface area contributed by atoms with Crippen LogP contribution >= 0.6 is 11.8 Å². The molecule has 10 nitrogen and oxygen atoms in total. The molecule has 11 heteroatoms. The van der Waals surface area contributed by atoms with Crippen LogP contribution in [0.5, 0.6) is 0 Å². The number of carbonyl (C=O) groups is 4. The van der Waals surface area contributed by atoms with Crippen molar-refractivity contribution < 1.29 is 34.5 Å². The molecule has 0 bridgehead atoms. The van der Waals surface area contributed by atoms with E-state index in [1.54, 1.807) is 0 Å². The third kappa shape index (κ3) is 9.15. The average Bonchev–Trinajstić information content (AvgIpc) is 2.46. The van der Waals surface area contributed by atoms with Gasteiger partial charge in [0.2, 0.25) is 11.8 Å². The number of carboxylic acids is 2. The summed E-state index contributed by atoms with van der Waals surface area (Å²) in [6, 6.07) is -2.22. The van der Waals surface area contributed by atoms with Gasteiger partial charge in [0, 0.05) is 12.2 Å². The minimum absolute atomic E-state index is 0.0404. The van der Waals surface area contributed by atoms with Crippen molar-refractivity contribution in [3.63, 3.8) is 0 Å². The van der Waals surface area contributed by atoms with E-state index in [0.29, 0.717) is 0 Å². The zero-order chi connectivity index (χ0) is 17.1. The van der Waals surface area contributed by atoms with E-state index in [1.807, 2.05) is 0 Å². The molecule has 7 N–H and O–H groups in total. The predicted octanol–water partition coefficient (Wildman–Crippen LogP) is -2.45. The minimum atomic E-state index is -1.24. The molecule has 22 heavy (non-hydrogen) atoms. The van der Waals surface area contributed by atoms with Crippen LogP contribution in [0.15, 0.2) is 0 Å². The van der Waals surface area contributed by atoms with Crippen molar-refractivity contribution in [3.8, 4) is 0 Å². The number of amides is 2. The van der Waals surface area contributed by atoms with Gasteiger partial charge in [0.15, 0.2) is 0 Å². The number of rotatable bonds is 11. The average molecular weight is 337 g/mol. The Balaban J connectivity index is 4.43. The zero-order valence-corrected chi connectivity index (χ0v) is 12.5. The molecular formula is C11H19N3O7S. The van der Waals surface area contributed by atoms with Crippen LogP contribution in [0.1, 0.15) is 12.8 Å². The Labute approximate surface area is 130 Å². The highest BCUT2D eigenvalue weighted by molar-refractivity contribution is 7.99. The number of aliphatic hydroxyl groups is 1. The third-order valence-corrected chi connectivity index (χ3v) is 3.19. The molecule has 0 aliphatic carbocycles. The minimum Gasteiger partial charge on any atom is -0.480 e. The number of thioether (sulfide) groups is 1. The number of carboxylic acid groups (broad SMARTS) is 2. The van der Waals surface area contributed by atoms with E-state index >= 15 is 0 Å². The summed E-state index contributed by atoms with van der Waals surface area (Å²) in [5, 5.41) is 30.3. The molecule has 0 radical (unpaired) electrons. The number of nitrogens with one attached hydrogen (secondary N) is 2. The van der Waals surface area contributed by atoms with Gasteiger partial charge in [0.1, 0.15) is 18.6 Å². The Kier molecular flexibility index (Phi) is 9.91. The summed E-state index contributed by atoms with van der Waals surface area (Å²) in [6.07, 6.45) is -0.294. The third-order valence-electron chi connectivity index (χ3n) is 2.44. The number of aliphatic hydroxyl groups excluding tert-OH is 1. The van der Waals surface area contributed by atoms with Crippen molar-refractivity contribution in [1.82, 2.24) is 10.6 Å². The van der Waals surface area contributed by atoms with Crippen LogP contribution in [-0.2, 0) is 19.2 Å². The Bertz CT molecular complexity index is 418. The molecule has 0 aromatic heterocycles. The van der Waals surface area contributed by atoms with Gasteiger partial charge in [-0.15, -0.1) is 11.8 Å². The van der Waals surface area contributed by atoms with E-state index in [0.717, 1.165) is 11.8 Å². The number of carbonyl (C=O) groups excluding carboxylic acids is 2. The van der Waals surface area contributed by atoms with Crippen molar-refractivity contribution in [1.29, 1.82) is 0 Å². The fourth-order valence-corrected chi connectivity index (χ4v) is 1.89. The second-order valence-electron chi connectivity index (χ2n) is 4.21. The van der Waals surface area contributed by atoms with Gasteiger partial charge in [-0.25, -0.2) is 0 Å². The molecule has 0 rings (SSSR count). The van der Waals surface area contributed by atoms with Crippen LogP contribution < -0.4 is 16.4 Å². The summed E-state index contributed by atoms with van der Waals surface area (Å²) in [5.41, 5.74) is 5.26. The molecule has 2 atom stereocenters. The highest BCUT2D eigenvalue weighted by Gasteiger charge is 2.22. The van der Waals surface area contributed by atoms with E-state index in [-0.39, 0.29) is 24.5 Å². The van der Waals surface area contributed by atoms with Gasteiger partial charge in [-0.1, -0.05) is 0 Å². The standard InChI is InChI=1S/C11H19N3O7S/c12-6(11(20)21)1-2-8(16)14-7(4-22-5-15)10(19)13-3-9(17)18/h6-7,15H,1-5,12H2,(H,13,19)(H,14,16)(H,17,18)(H,20,21)/t6-,7+/m1/s1. The molecule has 0 aliphatic rings. The lowest BCUT2D eigenvalue weighted by Crippen LogP contribution is -2.49. The number of hydrogen-bond acceptors (Lipinski definition) is 7. The van der Waals surface area contributed by atoms with Crippen LogP contribution in [0.3, 0.4) is 0 Å². The van der Waals surface area contributed by atoms with Gasteiger partial charge in [0.25, 0.3) is 0 Å². The summed E-state index contributed by atoms with van der Waals surface area (Å²) >= 11 is 0.964. The predicted molar refractivity (Wildman–Crippen MR) is 77.0 cm³/mol. The molecule has 0 aromatic carbocycles. The first-order valence-electron chi connectivity index (χ1n) is 6.23. The quantitative estimate of drug-likeness (QED) is 0.223. The van der Waals surface area contributed by atoms with E-state index in [1.165, 1.54) is 0 Å². The molecule has 0 saturated carbocycles. The normalized spacial score (nSPS) is 13.0. The highest BCUT2D eigenvalue weighted by Crippen LogP contribution is 2.03. The van der Waals surface area contributed by atoms with E-state index in [4.69, 9.17) is 21.1 Å². The van der Waals surface area contributed by atoms with Gasteiger partial charge in [-0.2, -0.15) is 0 Å². The van der Waals surface area contributed by atoms with Crippen LogP contribution in [-0.4, -0.2) is 69.4 Å². The largest absolute Gasteiger partial charge is 0.480 e. The van der Waals surface area contributed by atoms with Crippen molar-refractivity contribution >= 4 is 35.5 Å². The Morgan fingerprint density at radius 1 is 1.18 bits per heavy atom. The lowest BCUT2D eigenvalue weighted by Gasteiger charge is -2.17. The summed E-state index contributed by atoms with van der Waals surface area (Å²) in [5.74, 6) is -4.01. The van der Waals surface area contributed by atoms with Crippen molar-refractivity contribution in [2.75, 3.05) is 18.2 Å². The number of nitrogens with two attached hydrogens (primary N) is 1. The SMILES string of the molecule is N[C@H](CCC(=O)N[C@@H](CSCO)C(=O)NCC(=O)O)C(=O)O. The topological polar surface area (TPSA) is 179 Å². The second kappa shape index (κ2) is 10.8. The van der Waals surface area contributed by atoms with Gasteiger partial charge in [-0.05, 0) is 6.42 Å². The van der Waals surface area contributed by atoms with E-state index < -0.39 is 42.4 Å². The molecule has 126 valence electrons. The Morgan fingerprint density at radius 3 is 2.32 bits per heavy atom. The number of aliphatic carboxylic acids is 2. The molecule has 0 aliphatic heterocycles. The van der Waals surface area contributed by atoms with Crippen LogP contribution in [0.4, 0.5) is 0 Å². The molecule has 0 fully saturated rings. The molecule has 0 saturated heterocycles. The Morgan fingerprint density at radius 2 is 1.82 bits per heavy atom. The Hall–Kier alpha value is -1.85. The summed E-state index contributed by atoms with van der Waals surface area (Å²) in [6.45, 7) is -0.598. The molecular weight excluding hydrogens is 318 g/mol. The lowest BCUT2D eigenvalue weighted by atomic mass is 10.1. The summed E-state index contributed by atoms with van der Waals surface area (Å²) < 4.78 is 0. The van der Waals surface area contributed by atoms with Crippen molar-refractivity contribution in [3.05, 3.63) is 0 Å². The summed E-state index contributed by atoms with van der Waals surface area (Å²) in [4.78, 5) is 44.3. The maximum absolute atomic E-state index is 11.7. The van der Waals surface area contributed by atoms with Gasteiger partial charge < -0.3 is 31.7 Å². The first-order valence-corrected chi connectivity index (χ1v) is 7.39. The zero-order valence-electron chi connectivity index (χ0n) is 11.7. The smallest absolute Gasteiger partial charge is 0.322 e. The fraction of sp³-hybridized carbons (Fsp3) is 0.636. The second-order valence-corrected chi connectivity index (χ2v) is 5.21. The summed E-state index contributed by atoms with van der Waals surface area (Å²) in [7, 11) is 0. The van der Waals surface area contributed by atoms with Crippen molar-refractivity contribution in [2.45, 2.75) is 24.9 Å². The van der Waals surface area contributed by atoms with E-state index in [2.05, 4.69) is 10.6 Å². The first kappa shape index (κ1) is 20.1. The van der Waals surface area contributed by atoms with Gasteiger partial charge in [-0.3, -0.25) is 19.2 Å². The monoisotopic (exact) mass is 337 g/mol. The van der Waals surface area contributed by atoms with Crippen molar-refractivity contribution in [2.24, 2.45) is 5.73 Å². The van der Waals surface area contributed by atoms with Crippen LogP contribution in [0, 0.1) is 0 Å². The molecule has 0 aromatic rings. The van der Waals surface area contributed by atoms with Crippen LogP contribution in [0.25, 0.3) is 0 Å². The highest BCUT2D eigenvalue weighted by atomic mass is 32.2. The van der Waals surface area contributed by atoms with Gasteiger partial charge >= 0.3 is 11.9 Å². The molecule has 0 unspecified atom stereocenters. The van der Waals surface area contributed by atoms with E-state index in [9.17, 15) is 19.2 Å². The van der Waals surface area contributed by atoms with Gasteiger partial charge in [0.05, 0.1) is 5.94 Å².